The highest BCUT2D eigenvalue weighted by molar-refractivity contribution is 7.26. The molecule has 3 aromatic heterocycles. The van der Waals surface area contributed by atoms with Crippen molar-refractivity contribution in [1.82, 2.24) is 14.5 Å². The van der Waals surface area contributed by atoms with Crippen LogP contribution in [0.1, 0.15) is 11.1 Å². The number of thiophene rings is 1. The second-order valence-corrected chi connectivity index (χ2v) is 15.8. The van der Waals surface area contributed by atoms with Gasteiger partial charge in [-0.3, -0.25) is 0 Å². The van der Waals surface area contributed by atoms with Gasteiger partial charge in [-0.15, -0.1) is 11.3 Å². The molecule has 11 aromatic rings. The summed E-state index contributed by atoms with van der Waals surface area (Å²) in [6.45, 7) is 0. The largest absolute Gasteiger partial charge is 0.308 e. The van der Waals surface area contributed by atoms with E-state index >= 15 is 0 Å². The van der Waals surface area contributed by atoms with Crippen LogP contribution in [-0.2, 0) is 0 Å². The summed E-state index contributed by atoms with van der Waals surface area (Å²) in [5, 5.41) is 26.1. The van der Waals surface area contributed by atoms with Gasteiger partial charge in [-0.2, -0.15) is 10.5 Å². The molecule has 0 N–H and O–H groups in total. The number of para-hydroxylation sites is 1. The van der Waals surface area contributed by atoms with Gasteiger partial charge < -0.3 is 4.57 Å². The normalized spacial score (nSPS) is 11.3. The van der Waals surface area contributed by atoms with E-state index in [1.165, 1.54) is 25.6 Å². The van der Waals surface area contributed by atoms with Crippen LogP contribution in [0.25, 0.3) is 104 Å². The monoisotopic (exact) mass is 781 g/mol. The third kappa shape index (κ3) is 5.67. The lowest BCUT2D eigenvalue weighted by atomic mass is 9.88. The van der Waals surface area contributed by atoms with Gasteiger partial charge in [-0.1, -0.05) is 140 Å². The quantitative estimate of drug-likeness (QED) is 0.168. The molecule has 0 fully saturated rings. The molecule has 60 heavy (non-hydrogen) atoms. The number of hydrogen-bond donors (Lipinski definition) is 0. The number of fused-ring (bicyclic) bond motifs is 7. The Morgan fingerprint density at radius 3 is 1.65 bits per heavy atom. The summed E-state index contributed by atoms with van der Waals surface area (Å²) in [5.41, 5.74) is 11.5. The molecule has 6 heteroatoms. The van der Waals surface area contributed by atoms with E-state index < -0.39 is 0 Å². The highest BCUT2D eigenvalue weighted by Gasteiger charge is 2.26. The van der Waals surface area contributed by atoms with Gasteiger partial charge in [0.15, 0.2) is 5.82 Å². The zero-order valence-electron chi connectivity index (χ0n) is 32.0. The van der Waals surface area contributed by atoms with Crippen molar-refractivity contribution in [2.24, 2.45) is 0 Å². The SMILES string of the molecule is N#Cc1ccccc1-c1cc(-c2cc(-c3ccccc3)nc(-c3ccccc3)n2)cc(-c2ccccc2C#N)c1-n1c2ccccc2c2c3sc4ccccc4c3ccc21. The summed E-state index contributed by atoms with van der Waals surface area (Å²) in [5.74, 6) is 0.601. The zero-order valence-corrected chi connectivity index (χ0v) is 32.9. The molecule has 0 saturated carbocycles. The molecule has 0 aliphatic heterocycles. The summed E-state index contributed by atoms with van der Waals surface area (Å²) >= 11 is 1.81. The predicted molar refractivity (Wildman–Crippen MR) is 246 cm³/mol. The van der Waals surface area contributed by atoms with Crippen LogP contribution >= 0.6 is 11.3 Å². The Morgan fingerprint density at radius 1 is 0.433 bits per heavy atom. The van der Waals surface area contributed by atoms with Crippen molar-refractivity contribution < 1.29 is 0 Å². The van der Waals surface area contributed by atoms with E-state index in [4.69, 9.17) is 9.97 Å². The average Bonchev–Trinajstić information content (AvgIpc) is 3.87. The molecule has 8 aromatic carbocycles. The van der Waals surface area contributed by atoms with Crippen molar-refractivity contribution in [3.63, 3.8) is 0 Å². The first-order valence-corrected chi connectivity index (χ1v) is 20.5. The Kier molecular flexibility index (Phi) is 8.37. The van der Waals surface area contributed by atoms with Gasteiger partial charge >= 0.3 is 0 Å². The third-order valence-corrected chi connectivity index (χ3v) is 12.5. The first-order valence-electron chi connectivity index (χ1n) is 19.7. The summed E-state index contributed by atoms with van der Waals surface area (Å²) in [6.07, 6.45) is 0. The van der Waals surface area contributed by atoms with Gasteiger partial charge in [0.2, 0.25) is 0 Å². The Morgan fingerprint density at radius 2 is 0.983 bits per heavy atom. The second-order valence-electron chi connectivity index (χ2n) is 14.7. The molecule has 0 aliphatic rings. The summed E-state index contributed by atoms with van der Waals surface area (Å²) in [7, 11) is 0. The minimum absolute atomic E-state index is 0.542. The van der Waals surface area contributed by atoms with Crippen molar-refractivity contribution in [3.8, 4) is 74.0 Å². The van der Waals surface area contributed by atoms with Crippen LogP contribution < -0.4 is 0 Å². The van der Waals surface area contributed by atoms with Crippen molar-refractivity contribution in [1.29, 1.82) is 10.5 Å². The van der Waals surface area contributed by atoms with E-state index in [0.29, 0.717) is 17.0 Å². The lowest BCUT2D eigenvalue weighted by Gasteiger charge is -2.22. The van der Waals surface area contributed by atoms with E-state index in [1.807, 2.05) is 114 Å². The Labute approximate surface area is 350 Å². The molecule has 0 atom stereocenters. The predicted octanol–water partition coefficient (Wildman–Crippen LogP) is 14.0. The number of aromatic nitrogens is 3. The highest BCUT2D eigenvalue weighted by Crippen LogP contribution is 2.48. The number of nitriles is 2. The van der Waals surface area contributed by atoms with Crippen molar-refractivity contribution in [2.45, 2.75) is 0 Å². The molecular weight excluding hydrogens is 751 g/mol. The molecule has 0 amide bonds. The van der Waals surface area contributed by atoms with Crippen LogP contribution in [0.4, 0.5) is 0 Å². The maximum atomic E-state index is 10.7. The van der Waals surface area contributed by atoms with Gasteiger partial charge in [-0.25, -0.2) is 9.97 Å². The molecule has 0 spiro atoms. The first kappa shape index (κ1) is 35.0. The second kappa shape index (κ2) is 14.3. The van der Waals surface area contributed by atoms with Crippen LogP contribution in [0, 0.1) is 22.7 Å². The fraction of sp³-hybridized carbons (Fsp3) is 0. The first-order chi connectivity index (χ1) is 29.7. The smallest absolute Gasteiger partial charge is 0.160 e. The molecule has 0 saturated heterocycles. The topological polar surface area (TPSA) is 78.3 Å². The molecule has 278 valence electrons. The van der Waals surface area contributed by atoms with Gasteiger partial charge in [0.05, 0.1) is 51.4 Å². The van der Waals surface area contributed by atoms with E-state index in [1.54, 1.807) is 0 Å². The van der Waals surface area contributed by atoms with E-state index in [9.17, 15) is 10.5 Å². The number of nitrogens with zero attached hydrogens (tertiary/aromatic N) is 5. The molecule has 5 nitrogen and oxygen atoms in total. The summed E-state index contributed by atoms with van der Waals surface area (Å²) in [6, 6.07) is 68.7. The van der Waals surface area contributed by atoms with Crippen molar-refractivity contribution >= 4 is 53.3 Å². The van der Waals surface area contributed by atoms with E-state index in [2.05, 4.69) is 102 Å². The van der Waals surface area contributed by atoms with Gasteiger partial charge in [0, 0.05) is 69.9 Å². The van der Waals surface area contributed by atoms with E-state index in [-0.39, 0.29) is 0 Å². The third-order valence-electron chi connectivity index (χ3n) is 11.3. The number of rotatable bonds is 6. The molecular formula is C54H31N5S. The maximum absolute atomic E-state index is 10.7. The molecule has 0 aliphatic carbocycles. The highest BCUT2D eigenvalue weighted by atomic mass is 32.1. The summed E-state index contributed by atoms with van der Waals surface area (Å²) in [4.78, 5) is 10.3. The fourth-order valence-electron chi connectivity index (χ4n) is 8.61. The maximum Gasteiger partial charge on any atom is 0.160 e. The lowest BCUT2D eigenvalue weighted by molar-refractivity contribution is 1.17. The minimum atomic E-state index is 0.542. The molecule has 0 radical (unpaired) electrons. The van der Waals surface area contributed by atoms with Gasteiger partial charge in [0.25, 0.3) is 0 Å². The Bertz CT molecular complexity index is 3430. The van der Waals surface area contributed by atoms with Crippen LogP contribution in [0.3, 0.4) is 0 Å². The Hall–Kier alpha value is -8.16. The van der Waals surface area contributed by atoms with Crippen LogP contribution in [0.2, 0.25) is 0 Å². The Balaban J connectivity index is 1.31. The van der Waals surface area contributed by atoms with E-state index in [0.717, 1.165) is 72.4 Å². The lowest BCUT2D eigenvalue weighted by Crippen LogP contribution is -2.04. The number of benzene rings is 8. The number of hydrogen-bond acceptors (Lipinski definition) is 5. The molecule has 0 unspecified atom stereocenters. The minimum Gasteiger partial charge on any atom is -0.308 e. The molecule has 0 bridgehead atoms. The standard InChI is InChI=1S/C54H31N5S/c55-32-36-19-7-9-21-39(36)44-29-38(47-31-46(34-15-3-1-4-16-34)57-54(58-47)35-17-5-2-6-18-35)30-45(40-22-10-8-20-37(40)33-56)52(44)59-48-25-13-11-24-43(48)51-49(59)28-27-42-41-23-12-14-26-50(41)60-53(42)51/h1-31H. The zero-order chi connectivity index (χ0) is 40.2. The molecule has 3 heterocycles. The van der Waals surface area contributed by atoms with Gasteiger partial charge in [-0.05, 0) is 48.5 Å². The van der Waals surface area contributed by atoms with Crippen LogP contribution in [0.15, 0.2) is 188 Å². The fourth-order valence-corrected chi connectivity index (χ4v) is 9.87. The van der Waals surface area contributed by atoms with Crippen LogP contribution in [0.5, 0.6) is 0 Å². The van der Waals surface area contributed by atoms with Crippen molar-refractivity contribution in [2.75, 3.05) is 0 Å². The van der Waals surface area contributed by atoms with Gasteiger partial charge in [0.1, 0.15) is 0 Å². The molecule has 11 rings (SSSR count). The average molecular weight is 782 g/mol. The van der Waals surface area contributed by atoms with Crippen molar-refractivity contribution in [3.05, 3.63) is 199 Å². The van der Waals surface area contributed by atoms with Crippen LogP contribution in [-0.4, -0.2) is 14.5 Å². The summed E-state index contributed by atoms with van der Waals surface area (Å²) < 4.78 is 4.81.